The Bertz CT molecular complexity index is 694. The zero-order valence-electron chi connectivity index (χ0n) is 18.6. The summed E-state index contributed by atoms with van der Waals surface area (Å²) in [5.74, 6) is 0. The van der Waals surface area contributed by atoms with Gasteiger partial charge >= 0.3 is 13.2 Å². The van der Waals surface area contributed by atoms with E-state index in [0.29, 0.717) is 19.8 Å². The first-order valence-corrected chi connectivity index (χ1v) is 10.6. The maximum Gasteiger partial charge on any atom is 0.494 e. The van der Waals surface area contributed by atoms with Crippen molar-refractivity contribution in [3.63, 3.8) is 0 Å². The summed E-state index contributed by atoms with van der Waals surface area (Å²) in [7, 11) is -0.301. The second-order valence-corrected chi connectivity index (χ2v) is 9.91. The highest BCUT2D eigenvalue weighted by atomic mass is 16.6. The molecular weight excluding hydrogens is 367 g/mol. The smallest absolute Gasteiger partial charge is 0.444 e. The zero-order valence-corrected chi connectivity index (χ0v) is 18.6. The first-order chi connectivity index (χ1) is 13.6. The molecule has 0 aliphatic carbocycles. The van der Waals surface area contributed by atoms with E-state index < -0.39 is 5.60 Å². The summed E-state index contributed by atoms with van der Waals surface area (Å²) < 4.78 is 17.6. The molecule has 3 rings (SSSR count). The molecule has 2 aliphatic rings. The van der Waals surface area contributed by atoms with E-state index >= 15 is 0 Å². The van der Waals surface area contributed by atoms with Crippen molar-refractivity contribution in [1.29, 1.82) is 0 Å². The minimum absolute atomic E-state index is 0.0569. The Morgan fingerprint density at radius 3 is 2.48 bits per heavy atom. The Hall–Kier alpha value is -1.57. The Morgan fingerprint density at radius 2 is 1.79 bits per heavy atom. The summed E-state index contributed by atoms with van der Waals surface area (Å²) in [5, 5.41) is 0. The van der Waals surface area contributed by atoms with Crippen LogP contribution in [0.5, 0.6) is 0 Å². The molecule has 1 amide bonds. The van der Waals surface area contributed by atoms with Crippen LogP contribution in [-0.4, -0.2) is 68.0 Å². The van der Waals surface area contributed by atoms with Crippen LogP contribution in [0, 0.1) is 5.41 Å². The minimum atomic E-state index is -0.462. The van der Waals surface area contributed by atoms with Gasteiger partial charge < -0.3 is 18.9 Å². The van der Waals surface area contributed by atoms with Crippen LogP contribution in [-0.2, 0) is 20.6 Å². The molecular formula is C22H35BN2O4. The molecule has 0 spiro atoms. The highest BCUT2D eigenvalue weighted by Gasteiger charge is 2.35. The monoisotopic (exact) mass is 402 g/mol. The van der Waals surface area contributed by atoms with E-state index in [1.165, 1.54) is 5.56 Å². The predicted molar refractivity (Wildman–Crippen MR) is 115 cm³/mol. The third kappa shape index (κ3) is 6.46. The van der Waals surface area contributed by atoms with Crippen molar-refractivity contribution in [3.05, 3.63) is 29.8 Å². The van der Waals surface area contributed by atoms with Crippen LogP contribution < -0.4 is 5.46 Å². The molecule has 0 aromatic heterocycles. The summed E-state index contributed by atoms with van der Waals surface area (Å²) in [5.41, 5.74) is 1.93. The van der Waals surface area contributed by atoms with Crippen LogP contribution in [0.2, 0.25) is 0 Å². The number of rotatable bonds is 3. The highest BCUT2D eigenvalue weighted by Crippen LogP contribution is 2.22. The van der Waals surface area contributed by atoms with Crippen LogP contribution in [0.3, 0.4) is 0 Å². The lowest BCUT2D eigenvalue weighted by Crippen LogP contribution is -2.49. The van der Waals surface area contributed by atoms with E-state index in [2.05, 4.69) is 36.9 Å². The second-order valence-electron chi connectivity index (χ2n) is 9.91. The molecule has 1 aromatic carbocycles. The van der Waals surface area contributed by atoms with Gasteiger partial charge in [0.25, 0.3) is 0 Å². The van der Waals surface area contributed by atoms with Crippen LogP contribution in [0.15, 0.2) is 24.3 Å². The third-order valence-corrected chi connectivity index (χ3v) is 5.19. The molecule has 1 aromatic rings. The molecule has 6 nitrogen and oxygen atoms in total. The van der Waals surface area contributed by atoms with Gasteiger partial charge in [-0.25, -0.2) is 4.79 Å². The van der Waals surface area contributed by atoms with Crippen LogP contribution in [0.1, 0.15) is 46.6 Å². The van der Waals surface area contributed by atoms with Gasteiger partial charge in [-0.3, -0.25) is 4.90 Å². The largest absolute Gasteiger partial charge is 0.494 e. The van der Waals surface area contributed by atoms with Gasteiger partial charge in [0.1, 0.15) is 5.60 Å². The maximum atomic E-state index is 12.4. The molecule has 0 radical (unpaired) electrons. The summed E-state index contributed by atoms with van der Waals surface area (Å²) in [4.78, 5) is 16.6. The third-order valence-electron chi connectivity index (χ3n) is 5.19. The van der Waals surface area contributed by atoms with E-state index in [0.717, 1.165) is 38.1 Å². The van der Waals surface area contributed by atoms with Gasteiger partial charge in [0.15, 0.2) is 0 Å². The Labute approximate surface area is 175 Å². The number of ether oxygens (including phenoxy) is 1. The normalized spacial score (nSPS) is 21.0. The predicted octanol–water partition coefficient (Wildman–Crippen LogP) is 2.90. The van der Waals surface area contributed by atoms with Crippen molar-refractivity contribution >= 4 is 18.7 Å². The van der Waals surface area contributed by atoms with Crippen molar-refractivity contribution in [2.24, 2.45) is 5.41 Å². The first-order valence-electron chi connectivity index (χ1n) is 10.6. The number of hydrogen-bond acceptors (Lipinski definition) is 5. The van der Waals surface area contributed by atoms with Crippen LogP contribution in [0.25, 0.3) is 0 Å². The summed E-state index contributed by atoms with van der Waals surface area (Å²) in [6.45, 7) is 15.4. The molecule has 160 valence electrons. The molecule has 29 heavy (non-hydrogen) atoms. The molecule has 0 N–H and O–H groups in total. The number of benzene rings is 1. The highest BCUT2D eigenvalue weighted by molar-refractivity contribution is 6.62. The fourth-order valence-corrected chi connectivity index (χ4v) is 3.66. The molecule has 0 unspecified atom stereocenters. The van der Waals surface area contributed by atoms with Crippen LogP contribution >= 0.6 is 0 Å². The molecule has 0 bridgehead atoms. The standard InChI is InChI=1S/C22H35BN2O4/c1-21(2,3)29-20(26)25-12-8-11-24(13-14-25)15-18-9-6-7-10-19(18)23-27-16-22(4,5)17-28-23/h6-7,9-10H,8,11-17H2,1-5H3. The molecule has 0 atom stereocenters. The summed E-state index contributed by atoms with van der Waals surface area (Å²) >= 11 is 0. The fraction of sp³-hybridized carbons (Fsp3) is 0.682. The van der Waals surface area contributed by atoms with Crippen molar-refractivity contribution in [2.45, 2.75) is 53.2 Å². The van der Waals surface area contributed by atoms with Gasteiger partial charge in [-0.2, -0.15) is 0 Å². The van der Waals surface area contributed by atoms with E-state index in [1.807, 2.05) is 31.7 Å². The lowest BCUT2D eigenvalue weighted by Gasteiger charge is -2.34. The van der Waals surface area contributed by atoms with Gasteiger partial charge in [-0.05, 0) is 38.2 Å². The van der Waals surface area contributed by atoms with Gasteiger partial charge in [-0.15, -0.1) is 0 Å². The van der Waals surface area contributed by atoms with Crippen molar-refractivity contribution in [2.75, 3.05) is 39.4 Å². The SMILES string of the molecule is CC1(C)COB(c2ccccc2CN2CCCN(C(=O)OC(C)(C)C)CC2)OC1. The van der Waals surface area contributed by atoms with Crippen LogP contribution in [0.4, 0.5) is 4.79 Å². The lowest BCUT2D eigenvalue weighted by atomic mass is 9.73. The van der Waals surface area contributed by atoms with Crippen molar-refractivity contribution < 1.29 is 18.8 Å². The lowest BCUT2D eigenvalue weighted by molar-refractivity contribution is 0.0257. The zero-order chi connectivity index (χ0) is 21.1. The Balaban J connectivity index is 1.60. The number of carbonyl (C=O) groups is 1. The number of nitrogens with zero attached hydrogens (tertiary/aromatic N) is 2. The van der Waals surface area contributed by atoms with Gasteiger partial charge in [0.2, 0.25) is 0 Å². The quantitative estimate of drug-likeness (QED) is 0.728. The number of hydrogen-bond donors (Lipinski definition) is 0. The van der Waals surface area contributed by atoms with E-state index in [4.69, 9.17) is 14.0 Å². The first kappa shape index (κ1) is 22.1. The topological polar surface area (TPSA) is 51.2 Å². The maximum absolute atomic E-state index is 12.4. The van der Waals surface area contributed by atoms with Crippen molar-refractivity contribution in [1.82, 2.24) is 9.80 Å². The molecule has 7 heteroatoms. The summed E-state index contributed by atoms with van der Waals surface area (Å²) in [6, 6.07) is 8.36. The molecule has 0 saturated carbocycles. The van der Waals surface area contributed by atoms with Gasteiger partial charge in [0.05, 0.1) is 0 Å². The molecule has 2 saturated heterocycles. The van der Waals surface area contributed by atoms with E-state index in [9.17, 15) is 4.79 Å². The second kappa shape index (κ2) is 9.06. The average Bonchev–Trinajstić information content (AvgIpc) is 2.87. The summed E-state index contributed by atoms with van der Waals surface area (Å²) in [6.07, 6.45) is 0.720. The van der Waals surface area contributed by atoms with Crippen molar-refractivity contribution in [3.8, 4) is 0 Å². The minimum Gasteiger partial charge on any atom is -0.444 e. The number of carbonyl (C=O) groups excluding carboxylic acids is 1. The Kier molecular flexibility index (Phi) is 6.92. The Morgan fingerprint density at radius 1 is 1.10 bits per heavy atom. The molecule has 2 aliphatic heterocycles. The fourth-order valence-electron chi connectivity index (χ4n) is 3.66. The van der Waals surface area contributed by atoms with E-state index in [-0.39, 0.29) is 18.6 Å². The van der Waals surface area contributed by atoms with E-state index in [1.54, 1.807) is 0 Å². The molecule has 2 fully saturated rings. The average molecular weight is 402 g/mol. The number of amides is 1. The van der Waals surface area contributed by atoms with Gasteiger partial charge in [0, 0.05) is 51.4 Å². The van der Waals surface area contributed by atoms with Gasteiger partial charge in [-0.1, -0.05) is 38.1 Å². The molecule has 2 heterocycles.